The maximum absolute atomic E-state index is 11.6. The summed E-state index contributed by atoms with van der Waals surface area (Å²) in [5.74, 6) is -0.549. The monoisotopic (exact) mass is 744 g/mol. The molecule has 0 amide bonds. The molecule has 2 aromatic rings. The Bertz CT molecular complexity index is 1050. The van der Waals surface area contributed by atoms with E-state index in [0.717, 1.165) is 12.8 Å². The van der Waals surface area contributed by atoms with Gasteiger partial charge < -0.3 is 47.0 Å². The number of hydrogen-bond donors (Lipinski definition) is 2. The van der Waals surface area contributed by atoms with Crippen LogP contribution in [-0.4, -0.2) is 93.0 Å². The first-order valence-corrected chi connectivity index (χ1v) is 19.8. The van der Waals surface area contributed by atoms with Gasteiger partial charge in [0.15, 0.2) is 0 Å². The summed E-state index contributed by atoms with van der Waals surface area (Å²) in [5, 5.41) is 41.6. The molecule has 0 aliphatic carbocycles. The third-order valence-corrected chi connectivity index (χ3v) is 12.5. The average molecular weight is 746 g/mol. The largest absolute Gasteiger partial charge is 2.00 e. The van der Waals surface area contributed by atoms with Crippen molar-refractivity contribution in [1.29, 1.82) is 0 Å². The zero-order chi connectivity index (χ0) is 34.3. The van der Waals surface area contributed by atoms with Crippen LogP contribution in [0.1, 0.15) is 65.5 Å². The first kappa shape index (κ1) is 44.8. The Morgan fingerprint density at radius 2 is 0.872 bits per heavy atom. The van der Waals surface area contributed by atoms with Crippen molar-refractivity contribution in [2.24, 2.45) is 9.98 Å². The Kier molecular flexibility index (Phi) is 24.6. The van der Waals surface area contributed by atoms with E-state index in [4.69, 9.17) is 26.6 Å². The van der Waals surface area contributed by atoms with Crippen LogP contribution in [0.3, 0.4) is 0 Å². The molecule has 0 radical (unpaired) electrons. The van der Waals surface area contributed by atoms with E-state index in [1.165, 1.54) is 36.7 Å². The quantitative estimate of drug-likeness (QED) is 0.0985. The van der Waals surface area contributed by atoms with Gasteiger partial charge in [-0.05, 0) is 89.8 Å². The SMILES string of the molecule is CCO[Si](CCCN=Cc1ccc(O)cc1[O-])(OCC)OCC.CCO[Si](CCCN=Cc1ccc(O)cc1[O-])(OCC)OCC.[Zn+2]. The van der Waals surface area contributed by atoms with Crippen molar-refractivity contribution < 1.29 is 66.5 Å². The maximum Gasteiger partial charge on any atom is 2.00 e. The second kappa shape index (κ2) is 25.8. The first-order chi connectivity index (χ1) is 22.1. The van der Waals surface area contributed by atoms with Gasteiger partial charge in [-0.3, -0.25) is 9.98 Å². The second-order valence-electron chi connectivity index (χ2n) is 9.69. The minimum absolute atomic E-state index is 0. The third-order valence-electron chi connectivity index (χ3n) is 6.18. The van der Waals surface area contributed by atoms with Crippen LogP contribution < -0.4 is 10.2 Å². The second-order valence-corrected chi connectivity index (χ2v) is 15.2. The van der Waals surface area contributed by atoms with Crippen molar-refractivity contribution in [1.82, 2.24) is 0 Å². The zero-order valence-corrected chi connectivity index (χ0v) is 33.8. The molecule has 0 heterocycles. The molecule has 0 aromatic heterocycles. The number of nitrogens with zero attached hydrogens (tertiary/aromatic N) is 2. The molecule has 47 heavy (non-hydrogen) atoms. The number of benzene rings is 2. The Balaban J connectivity index is 0.000000882. The third kappa shape index (κ3) is 17.7. The molecular weight excluding hydrogens is 694 g/mol. The van der Waals surface area contributed by atoms with Crippen molar-refractivity contribution in [2.75, 3.05) is 52.7 Å². The van der Waals surface area contributed by atoms with Crippen molar-refractivity contribution in [3.05, 3.63) is 47.5 Å². The van der Waals surface area contributed by atoms with Crippen LogP contribution in [0.2, 0.25) is 12.1 Å². The van der Waals surface area contributed by atoms with Gasteiger partial charge in [0.05, 0.1) is 0 Å². The zero-order valence-electron chi connectivity index (χ0n) is 28.9. The van der Waals surface area contributed by atoms with E-state index in [9.17, 15) is 20.4 Å². The molecule has 0 fully saturated rings. The van der Waals surface area contributed by atoms with Crippen molar-refractivity contribution in [3.63, 3.8) is 0 Å². The fourth-order valence-corrected chi connectivity index (χ4v) is 9.55. The van der Waals surface area contributed by atoms with Gasteiger partial charge in [-0.2, -0.15) is 0 Å². The molecule has 0 saturated carbocycles. The van der Waals surface area contributed by atoms with Gasteiger partial charge in [0.2, 0.25) is 0 Å². The van der Waals surface area contributed by atoms with E-state index in [1.807, 2.05) is 41.5 Å². The van der Waals surface area contributed by atoms with E-state index in [-0.39, 0.29) is 42.5 Å². The number of aliphatic imine (C=N–C) groups is 2. The molecule has 0 unspecified atom stereocenters. The summed E-state index contributed by atoms with van der Waals surface area (Å²) in [5.41, 5.74) is 0.927. The molecule has 0 spiro atoms. The van der Waals surface area contributed by atoms with Crippen LogP contribution in [0.4, 0.5) is 0 Å². The molecule has 2 aromatic carbocycles. The van der Waals surface area contributed by atoms with Crippen LogP contribution >= 0.6 is 0 Å². The Morgan fingerprint density at radius 3 is 1.13 bits per heavy atom. The van der Waals surface area contributed by atoms with Crippen molar-refractivity contribution >= 4 is 30.0 Å². The minimum atomic E-state index is -2.61. The summed E-state index contributed by atoms with van der Waals surface area (Å²) in [6.07, 6.45) is 4.59. The first-order valence-electron chi connectivity index (χ1n) is 16.0. The Labute approximate surface area is 295 Å². The summed E-state index contributed by atoms with van der Waals surface area (Å²) in [6, 6.07) is 9.80. The van der Waals surface area contributed by atoms with Crippen molar-refractivity contribution in [3.8, 4) is 23.0 Å². The molecule has 12 nitrogen and oxygen atoms in total. The summed E-state index contributed by atoms with van der Waals surface area (Å²) in [7, 11) is -5.22. The standard InChI is InChI=1S/2C16H27NO5Si.Zn/c2*1-4-20-23(21-5-2,22-6-3)11-7-10-17-13-14-8-9-15(18)12-16(14)19;/h2*8-9,12-13,18-19H,4-7,10-11H2,1-3H3;/q;;+2/p-2. The van der Waals surface area contributed by atoms with Crippen LogP contribution in [0.25, 0.3) is 0 Å². The summed E-state index contributed by atoms with van der Waals surface area (Å²) in [6.45, 7) is 16.0. The Morgan fingerprint density at radius 1 is 0.574 bits per heavy atom. The molecule has 0 saturated heterocycles. The van der Waals surface area contributed by atoms with Gasteiger partial charge in [0, 0.05) is 77.2 Å². The maximum atomic E-state index is 11.6. The predicted octanol–water partition coefficient (Wildman–Crippen LogP) is 4.64. The summed E-state index contributed by atoms with van der Waals surface area (Å²) in [4.78, 5) is 8.53. The van der Waals surface area contributed by atoms with E-state index in [0.29, 0.717) is 75.9 Å². The van der Waals surface area contributed by atoms with Crippen LogP contribution in [0.5, 0.6) is 23.0 Å². The van der Waals surface area contributed by atoms with Gasteiger partial charge in [-0.25, -0.2) is 0 Å². The van der Waals surface area contributed by atoms with E-state index < -0.39 is 17.6 Å². The van der Waals surface area contributed by atoms with Gasteiger partial charge >= 0.3 is 37.1 Å². The van der Waals surface area contributed by atoms with Gasteiger partial charge in [-0.15, -0.1) is 0 Å². The fourth-order valence-electron chi connectivity index (χ4n) is 4.36. The average Bonchev–Trinajstić information content (AvgIpc) is 3.00. The molecule has 2 N–H and O–H groups in total. The van der Waals surface area contributed by atoms with Gasteiger partial charge in [0.25, 0.3) is 0 Å². The van der Waals surface area contributed by atoms with E-state index >= 15 is 0 Å². The van der Waals surface area contributed by atoms with E-state index in [2.05, 4.69) is 9.98 Å². The molecule has 0 atom stereocenters. The predicted molar refractivity (Wildman–Crippen MR) is 180 cm³/mol. The summed E-state index contributed by atoms with van der Waals surface area (Å²) < 4.78 is 34.6. The van der Waals surface area contributed by atoms with Gasteiger partial charge in [-0.1, -0.05) is 23.6 Å². The molecule has 0 aliphatic rings. The fraction of sp³-hybridized carbons (Fsp3) is 0.562. The molecule has 15 heteroatoms. The molecule has 0 aliphatic heterocycles. The Hall–Kier alpha value is -2.20. The topological polar surface area (TPSA) is 167 Å². The molecule has 0 bridgehead atoms. The van der Waals surface area contributed by atoms with Crippen molar-refractivity contribution in [2.45, 2.75) is 66.5 Å². The smallest absolute Gasteiger partial charge is 0.872 e. The minimum Gasteiger partial charge on any atom is -0.872 e. The number of aromatic hydroxyl groups is 2. The number of rotatable bonds is 22. The number of hydrogen-bond acceptors (Lipinski definition) is 12. The number of phenols is 2. The molecule has 2 rings (SSSR count). The van der Waals surface area contributed by atoms with Crippen LogP contribution in [-0.2, 0) is 46.0 Å². The van der Waals surface area contributed by atoms with Gasteiger partial charge in [0.1, 0.15) is 11.5 Å². The summed E-state index contributed by atoms with van der Waals surface area (Å²) >= 11 is 0. The molecule has 260 valence electrons. The number of phenolic OH excluding ortho intramolecular Hbond substituents is 2. The van der Waals surface area contributed by atoms with Crippen LogP contribution in [0, 0.1) is 0 Å². The molecular formula is C32H52N2O10Si2Zn. The van der Waals surface area contributed by atoms with Crippen LogP contribution in [0.15, 0.2) is 46.4 Å². The normalized spacial score (nSPS) is 11.9. The van der Waals surface area contributed by atoms with E-state index in [1.54, 1.807) is 12.1 Å².